The van der Waals surface area contributed by atoms with Gasteiger partial charge in [-0.25, -0.2) is 4.79 Å². The van der Waals surface area contributed by atoms with E-state index in [9.17, 15) is 4.79 Å². The molecule has 0 spiro atoms. The van der Waals surface area contributed by atoms with Crippen LogP contribution in [0.3, 0.4) is 0 Å². The summed E-state index contributed by atoms with van der Waals surface area (Å²) < 4.78 is 3.87. The van der Waals surface area contributed by atoms with Gasteiger partial charge in [0.25, 0.3) is 0 Å². The van der Waals surface area contributed by atoms with Crippen LogP contribution in [0, 0.1) is 11.8 Å². The summed E-state index contributed by atoms with van der Waals surface area (Å²) in [5, 5.41) is 6.94. The van der Waals surface area contributed by atoms with Crippen LogP contribution in [0.2, 0.25) is 0 Å². The average molecular weight is 426 g/mol. The number of hydrogen-bond acceptors (Lipinski definition) is 4. The van der Waals surface area contributed by atoms with Gasteiger partial charge < -0.3 is 10.6 Å². The molecule has 31 heavy (non-hydrogen) atoms. The first-order chi connectivity index (χ1) is 15.2. The maximum absolute atomic E-state index is 13.0. The molecule has 0 bridgehead atoms. The first-order valence-corrected chi connectivity index (χ1v) is 12.5. The van der Waals surface area contributed by atoms with Gasteiger partial charge in [-0.15, -0.1) is 0 Å². The molecule has 2 N–H and O–H groups in total. The van der Waals surface area contributed by atoms with Gasteiger partial charge in [-0.1, -0.05) is 6.07 Å². The van der Waals surface area contributed by atoms with Gasteiger partial charge >= 0.3 is 5.69 Å². The molecule has 6 heteroatoms. The molecule has 0 aliphatic carbocycles. The van der Waals surface area contributed by atoms with E-state index >= 15 is 0 Å². The molecule has 0 radical (unpaired) electrons. The number of hydrogen-bond donors (Lipinski definition) is 2. The minimum atomic E-state index is 0.125. The Morgan fingerprint density at radius 3 is 2.45 bits per heavy atom. The van der Waals surface area contributed by atoms with Crippen LogP contribution in [0.1, 0.15) is 56.6 Å². The van der Waals surface area contributed by atoms with Gasteiger partial charge in [-0.2, -0.15) is 0 Å². The topological polar surface area (TPSA) is 54.2 Å². The van der Waals surface area contributed by atoms with Crippen molar-refractivity contribution in [3.8, 4) is 0 Å². The van der Waals surface area contributed by atoms with Crippen LogP contribution in [-0.2, 0) is 13.6 Å². The Morgan fingerprint density at radius 2 is 1.71 bits per heavy atom. The lowest BCUT2D eigenvalue weighted by Gasteiger charge is -2.34. The Balaban J connectivity index is 1.23. The predicted octanol–water partition coefficient (Wildman–Crippen LogP) is 2.87. The normalized spacial score (nSPS) is 24.7. The van der Waals surface area contributed by atoms with Crippen LogP contribution in [0.25, 0.3) is 11.0 Å². The molecule has 0 amide bonds. The fourth-order valence-corrected chi connectivity index (χ4v) is 6.14. The minimum absolute atomic E-state index is 0.125. The summed E-state index contributed by atoms with van der Waals surface area (Å²) in [4.78, 5) is 15.6. The molecular formula is C25H39N5O. The monoisotopic (exact) mass is 425 g/mol. The van der Waals surface area contributed by atoms with Gasteiger partial charge in [0, 0.05) is 20.1 Å². The highest BCUT2D eigenvalue weighted by Gasteiger charge is 2.24. The number of nitrogens with one attached hydrogen (secondary N) is 2. The standard InChI is InChI=1S/C25H39N5O/c1-28-24-16-21(4-5-23(24)30(25(28)31)22-3-2-10-27-17-22)18-29-13-8-20(9-14-29)15-19-6-11-26-12-7-19/h4-5,16,19-20,22,26-27H,2-3,6-15,17-18H2,1H3. The first kappa shape index (κ1) is 21.2. The number of likely N-dealkylation sites (tertiary alicyclic amines) is 1. The molecule has 3 saturated heterocycles. The second-order valence-corrected chi connectivity index (χ2v) is 10.2. The van der Waals surface area contributed by atoms with Crippen LogP contribution in [-0.4, -0.2) is 53.3 Å². The van der Waals surface area contributed by atoms with Crippen LogP contribution < -0.4 is 16.3 Å². The SMILES string of the molecule is Cn1c(=O)n(C2CCCNC2)c2ccc(CN3CCC(CC4CCNCC4)CC3)cc21. The highest BCUT2D eigenvalue weighted by molar-refractivity contribution is 5.77. The van der Waals surface area contributed by atoms with Gasteiger partial charge in [0.05, 0.1) is 17.1 Å². The van der Waals surface area contributed by atoms with Crippen molar-refractivity contribution < 1.29 is 0 Å². The van der Waals surface area contributed by atoms with Gasteiger partial charge in [0.15, 0.2) is 0 Å². The number of aryl methyl sites for hydroxylation is 1. The van der Waals surface area contributed by atoms with E-state index in [4.69, 9.17) is 0 Å². The van der Waals surface area contributed by atoms with Gasteiger partial charge in [0.1, 0.15) is 0 Å². The molecule has 1 atom stereocenters. The van der Waals surface area contributed by atoms with E-state index in [0.29, 0.717) is 0 Å². The fourth-order valence-electron chi connectivity index (χ4n) is 6.14. The Kier molecular flexibility index (Phi) is 6.49. The van der Waals surface area contributed by atoms with E-state index in [1.165, 1.54) is 63.8 Å². The molecule has 0 saturated carbocycles. The summed E-state index contributed by atoms with van der Waals surface area (Å²) in [6, 6.07) is 6.96. The van der Waals surface area contributed by atoms with Crippen molar-refractivity contribution in [2.24, 2.45) is 18.9 Å². The van der Waals surface area contributed by atoms with Crippen molar-refractivity contribution in [1.29, 1.82) is 0 Å². The summed E-state index contributed by atoms with van der Waals surface area (Å²) in [6.45, 7) is 7.81. The lowest BCUT2D eigenvalue weighted by Crippen LogP contribution is -2.36. The van der Waals surface area contributed by atoms with Crippen molar-refractivity contribution in [3.63, 3.8) is 0 Å². The number of fused-ring (bicyclic) bond motifs is 1. The van der Waals surface area contributed by atoms with E-state index in [1.807, 2.05) is 16.2 Å². The molecule has 170 valence electrons. The highest BCUT2D eigenvalue weighted by Crippen LogP contribution is 2.29. The van der Waals surface area contributed by atoms with Crippen molar-refractivity contribution in [1.82, 2.24) is 24.7 Å². The summed E-state index contributed by atoms with van der Waals surface area (Å²) in [5.41, 5.74) is 3.62. The molecule has 1 aromatic carbocycles. The third-order valence-electron chi connectivity index (χ3n) is 8.03. The fraction of sp³-hybridized carbons (Fsp3) is 0.720. The van der Waals surface area contributed by atoms with Crippen molar-refractivity contribution in [3.05, 3.63) is 34.2 Å². The molecule has 3 fully saturated rings. The Labute approximate surface area is 186 Å². The summed E-state index contributed by atoms with van der Waals surface area (Å²) in [6.07, 6.45) is 9.09. The first-order valence-electron chi connectivity index (χ1n) is 12.5. The average Bonchev–Trinajstić information content (AvgIpc) is 3.06. The molecule has 5 rings (SSSR count). The smallest absolute Gasteiger partial charge is 0.317 e. The number of nitrogens with zero attached hydrogens (tertiary/aromatic N) is 3. The van der Waals surface area contributed by atoms with E-state index in [-0.39, 0.29) is 11.7 Å². The maximum atomic E-state index is 13.0. The number of imidazole rings is 1. The molecular weight excluding hydrogens is 386 g/mol. The summed E-state index contributed by atoms with van der Waals surface area (Å²) in [5.74, 6) is 1.87. The highest BCUT2D eigenvalue weighted by atomic mass is 16.1. The molecule has 4 heterocycles. The number of piperidine rings is 3. The van der Waals surface area contributed by atoms with Crippen molar-refractivity contribution in [2.75, 3.05) is 39.3 Å². The maximum Gasteiger partial charge on any atom is 0.329 e. The molecule has 1 unspecified atom stereocenters. The Hall–Kier alpha value is -1.63. The van der Waals surface area contributed by atoms with Gasteiger partial charge in [-0.05, 0) is 107 Å². The zero-order valence-electron chi connectivity index (χ0n) is 19.1. The number of rotatable bonds is 5. The Morgan fingerprint density at radius 1 is 0.935 bits per heavy atom. The van der Waals surface area contributed by atoms with E-state index in [1.54, 1.807) is 0 Å². The quantitative estimate of drug-likeness (QED) is 0.774. The number of aromatic nitrogens is 2. The van der Waals surface area contributed by atoms with Gasteiger partial charge in [-0.3, -0.25) is 14.0 Å². The lowest BCUT2D eigenvalue weighted by atomic mass is 9.83. The second kappa shape index (κ2) is 9.47. The van der Waals surface area contributed by atoms with Crippen LogP contribution in [0.4, 0.5) is 0 Å². The van der Waals surface area contributed by atoms with Gasteiger partial charge in [0.2, 0.25) is 0 Å². The molecule has 1 aromatic heterocycles. The largest absolute Gasteiger partial charge is 0.329 e. The van der Waals surface area contributed by atoms with E-state index in [0.717, 1.165) is 55.3 Å². The summed E-state index contributed by atoms with van der Waals surface area (Å²) >= 11 is 0. The molecule has 3 aliphatic heterocycles. The van der Waals surface area contributed by atoms with Crippen molar-refractivity contribution in [2.45, 2.75) is 57.5 Å². The number of benzene rings is 1. The van der Waals surface area contributed by atoms with Crippen LogP contribution in [0.15, 0.2) is 23.0 Å². The third kappa shape index (κ3) is 4.62. The second-order valence-electron chi connectivity index (χ2n) is 10.2. The van der Waals surface area contributed by atoms with Crippen LogP contribution >= 0.6 is 0 Å². The molecule has 3 aliphatic rings. The zero-order chi connectivity index (χ0) is 21.2. The molecule has 2 aromatic rings. The Bertz CT molecular complexity index is 927. The van der Waals surface area contributed by atoms with Crippen molar-refractivity contribution >= 4 is 11.0 Å². The third-order valence-corrected chi connectivity index (χ3v) is 8.03. The summed E-state index contributed by atoms with van der Waals surface area (Å²) in [7, 11) is 1.92. The zero-order valence-corrected chi connectivity index (χ0v) is 19.1. The minimum Gasteiger partial charge on any atom is -0.317 e. The molecule has 6 nitrogen and oxygen atoms in total. The van der Waals surface area contributed by atoms with E-state index in [2.05, 4.69) is 33.7 Å². The lowest BCUT2D eigenvalue weighted by molar-refractivity contribution is 0.154. The van der Waals surface area contributed by atoms with Crippen LogP contribution in [0.5, 0.6) is 0 Å². The predicted molar refractivity (Wildman–Crippen MR) is 127 cm³/mol. The van der Waals surface area contributed by atoms with E-state index < -0.39 is 0 Å².